The van der Waals surface area contributed by atoms with Crippen LogP contribution in [0, 0.1) is 5.92 Å². The molecular weight excluding hydrogens is 506 g/mol. The monoisotopic (exact) mass is 541 g/mol. The smallest absolute Gasteiger partial charge is 0.327 e. The van der Waals surface area contributed by atoms with E-state index in [0.29, 0.717) is 30.6 Å². The summed E-state index contributed by atoms with van der Waals surface area (Å²) in [6.45, 7) is 0.995. The zero-order valence-electron chi connectivity index (χ0n) is 22.7. The molecule has 40 heavy (non-hydrogen) atoms. The van der Waals surface area contributed by atoms with Gasteiger partial charge in [-0.1, -0.05) is 61.7 Å². The van der Waals surface area contributed by atoms with Gasteiger partial charge in [0, 0.05) is 25.1 Å². The maximum Gasteiger partial charge on any atom is 0.327 e. The van der Waals surface area contributed by atoms with Crippen LogP contribution in [0.3, 0.4) is 0 Å². The molecule has 0 spiro atoms. The maximum atomic E-state index is 13.6. The Morgan fingerprint density at radius 3 is 2.38 bits per heavy atom. The molecular formula is C32H35N3O5. The number of carboxylic acids is 1. The number of fused-ring (bicyclic) bond motifs is 1. The number of aromatic nitrogens is 1. The minimum absolute atomic E-state index is 0.0960. The molecule has 1 N–H and O–H groups in total. The second-order valence-electron chi connectivity index (χ2n) is 10.3. The Hall–Kier alpha value is -4.33. The lowest BCUT2D eigenvalue weighted by Gasteiger charge is -2.33. The second kappa shape index (κ2) is 12.7. The zero-order valence-corrected chi connectivity index (χ0v) is 22.7. The molecule has 4 aromatic rings. The van der Waals surface area contributed by atoms with Crippen molar-refractivity contribution in [3.05, 3.63) is 84.4 Å². The molecule has 1 amide bonds. The number of ether oxygens (including phenoxy) is 1. The van der Waals surface area contributed by atoms with Gasteiger partial charge in [0.1, 0.15) is 23.9 Å². The molecule has 1 aliphatic rings. The van der Waals surface area contributed by atoms with Gasteiger partial charge in [-0.05, 0) is 54.8 Å². The van der Waals surface area contributed by atoms with Gasteiger partial charge in [-0.15, -0.1) is 0 Å². The summed E-state index contributed by atoms with van der Waals surface area (Å²) in [7, 11) is 1.90. The molecule has 5 rings (SSSR count). The lowest BCUT2D eigenvalue weighted by atomic mass is 9.87. The van der Waals surface area contributed by atoms with Gasteiger partial charge in [0.15, 0.2) is 5.58 Å². The second-order valence-corrected chi connectivity index (χ2v) is 10.3. The minimum atomic E-state index is -1.02. The van der Waals surface area contributed by atoms with E-state index in [1.54, 1.807) is 0 Å². The van der Waals surface area contributed by atoms with Crippen LogP contribution < -0.4 is 14.5 Å². The number of oxazole rings is 1. The van der Waals surface area contributed by atoms with E-state index >= 15 is 0 Å². The number of hydrogen-bond acceptors (Lipinski definition) is 6. The van der Waals surface area contributed by atoms with Crippen molar-refractivity contribution in [1.29, 1.82) is 0 Å². The van der Waals surface area contributed by atoms with Gasteiger partial charge >= 0.3 is 5.97 Å². The fourth-order valence-electron chi connectivity index (χ4n) is 5.25. The third-order valence-electron chi connectivity index (χ3n) is 7.48. The highest BCUT2D eigenvalue weighted by Crippen LogP contribution is 2.30. The third-order valence-corrected chi connectivity index (χ3v) is 7.48. The van der Waals surface area contributed by atoms with Crippen LogP contribution in [0.1, 0.15) is 37.7 Å². The van der Waals surface area contributed by atoms with Crippen LogP contribution in [0.5, 0.6) is 5.75 Å². The van der Waals surface area contributed by atoms with Crippen molar-refractivity contribution in [1.82, 2.24) is 4.98 Å². The Kier molecular flexibility index (Phi) is 8.64. The highest BCUT2D eigenvalue weighted by molar-refractivity contribution is 6.00. The summed E-state index contributed by atoms with van der Waals surface area (Å²) in [6.07, 6.45) is 4.94. The topological polar surface area (TPSA) is 96.1 Å². The summed E-state index contributed by atoms with van der Waals surface area (Å²) in [5.74, 6) is -0.573. The van der Waals surface area contributed by atoms with E-state index in [0.717, 1.165) is 48.8 Å². The number of carbonyl (C=O) groups is 2. The quantitative estimate of drug-likeness (QED) is 0.251. The Bertz CT molecular complexity index is 1380. The van der Waals surface area contributed by atoms with E-state index in [1.807, 2.05) is 90.8 Å². The lowest BCUT2D eigenvalue weighted by Crippen LogP contribution is -2.49. The van der Waals surface area contributed by atoms with Gasteiger partial charge in [-0.2, -0.15) is 4.98 Å². The van der Waals surface area contributed by atoms with Crippen LogP contribution in [0.2, 0.25) is 0 Å². The van der Waals surface area contributed by atoms with Gasteiger partial charge in [0.25, 0.3) is 6.01 Å². The van der Waals surface area contributed by atoms with E-state index in [4.69, 9.17) is 9.15 Å². The first-order chi connectivity index (χ1) is 19.5. The number of likely N-dealkylation sites (N-methyl/N-ethyl adjacent to an activating group) is 1. The highest BCUT2D eigenvalue weighted by atomic mass is 16.5. The standard InChI is InChI=1S/C32H35N3O5/c1-34(32-33-27-14-8-9-15-29(27)40-32)20-21-39-26-18-16-23(17-19-26)22-28(31(37)38)35(25-12-6-3-7-13-25)30(36)24-10-4-2-5-11-24/h3,6-9,12-19,24,28H,2,4-5,10-11,20-22H2,1H3,(H,37,38). The molecule has 0 radical (unpaired) electrons. The van der Waals surface area contributed by atoms with Gasteiger partial charge in [-0.3, -0.25) is 9.69 Å². The number of anilines is 2. The molecule has 0 saturated heterocycles. The van der Waals surface area contributed by atoms with E-state index in [2.05, 4.69) is 4.98 Å². The number of aliphatic carboxylic acids is 1. The Morgan fingerprint density at radius 1 is 0.975 bits per heavy atom. The largest absolute Gasteiger partial charge is 0.492 e. The van der Waals surface area contributed by atoms with Crippen molar-refractivity contribution in [2.75, 3.05) is 30.0 Å². The van der Waals surface area contributed by atoms with E-state index in [1.165, 1.54) is 4.90 Å². The first kappa shape index (κ1) is 27.2. The number of para-hydroxylation sites is 3. The van der Waals surface area contributed by atoms with Crippen LogP contribution in [0.15, 0.2) is 83.3 Å². The van der Waals surface area contributed by atoms with Crippen molar-refractivity contribution >= 4 is 34.7 Å². The van der Waals surface area contributed by atoms with E-state index in [-0.39, 0.29) is 18.2 Å². The Morgan fingerprint density at radius 2 is 1.68 bits per heavy atom. The summed E-state index contributed by atoms with van der Waals surface area (Å²) in [6, 6.07) is 23.7. The lowest BCUT2D eigenvalue weighted by molar-refractivity contribution is -0.140. The van der Waals surface area contributed by atoms with Crippen LogP contribution in [-0.4, -0.2) is 48.2 Å². The van der Waals surface area contributed by atoms with Crippen molar-refractivity contribution in [2.45, 2.75) is 44.6 Å². The molecule has 1 aliphatic carbocycles. The summed E-state index contributed by atoms with van der Waals surface area (Å²) in [4.78, 5) is 34.1. The first-order valence-electron chi connectivity index (χ1n) is 13.9. The summed E-state index contributed by atoms with van der Waals surface area (Å²) in [5.41, 5.74) is 2.99. The van der Waals surface area contributed by atoms with Gasteiger partial charge < -0.3 is 19.2 Å². The number of amides is 1. The van der Waals surface area contributed by atoms with Gasteiger partial charge in [0.2, 0.25) is 5.91 Å². The molecule has 1 atom stereocenters. The molecule has 1 fully saturated rings. The van der Waals surface area contributed by atoms with Crippen LogP contribution in [0.4, 0.5) is 11.7 Å². The summed E-state index contributed by atoms with van der Waals surface area (Å²) in [5, 5.41) is 10.2. The molecule has 1 heterocycles. The molecule has 1 aromatic heterocycles. The number of benzene rings is 3. The van der Waals surface area contributed by atoms with Crippen LogP contribution >= 0.6 is 0 Å². The third kappa shape index (κ3) is 6.45. The van der Waals surface area contributed by atoms with E-state index in [9.17, 15) is 14.7 Å². The predicted octanol–water partition coefficient (Wildman–Crippen LogP) is 5.95. The average molecular weight is 542 g/mol. The molecule has 1 unspecified atom stereocenters. The normalized spacial score (nSPS) is 14.5. The molecule has 208 valence electrons. The Labute approximate surface area is 234 Å². The predicted molar refractivity (Wildman–Crippen MR) is 155 cm³/mol. The number of carboxylic acid groups (broad SMARTS) is 1. The maximum absolute atomic E-state index is 13.6. The fraction of sp³-hybridized carbons (Fsp3) is 0.344. The van der Waals surface area contributed by atoms with Crippen molar-refractivity contribution in [3.8, 4) is 5.75 Å². The molecule has 0 bridgehead atoms. The average Bonchev–Trinajstić information content (AvgIpc) is 3.43. The fourth-order valence-corrected chi connectivity index (χ4v) is 5.25. The first-order valence-corrected chi connectivity index (χ1v) is 13.9. The van der Waals surface area contributed by atoms with Crippen LogP contribution in [-0.2, 0) is 16.0 Å². The summed E-state index contributed by atoms with van der Waals surface area (Å²) >= 11 is 0. The minimum Gasteiger partial charge on any atom is -0.492 e. The van der Waals surface area contributed by atoms with E-state index < -0.39 is 12.0 Å². The highest BCUT2D eigenvalue weighted by Gasteiger charge is 2.35. The SMILES string of the molecule is CN(CCOc1ccc(CC(C(=O)O)N(C(=O)C2CCCCC2)c2ccccc2)cc1)c1nc2ccccc2o1. The van der Waals surface area contributed by atoms with Crippen molar-refractivity contribution in [3.63, 3.8) is 0 Å². The van der Waals surface area contributed by atoms with Crippen molar-refractivity contribution < 1.29 is 23.8 Å². The number of nitrogens with zero attached hydrogens (tertiary/aromatic N) is 3. The molecule has 3 aromatic carbocycles. The van der Waals surface area contributed by atoms with Gasteiger partial charge in [0.05, 0.1) is 6.54 Å². The van der Waals surface area contributed by atoms with Crippen molar-refractivity contribution in [2.24, 2.45) is 5.92 Å². The Balaban J connectivity index is 1.23. The number of carbonyl (C=O) groups excluding carboxylic acids is 1. The number of rotatable bonds is 11. The van der Waals surface area contributed by atoms with Crippen LogP contribution in [0.25, 0.3) is 11.1 Å². The molecule has 8 heteroatoms. The summed E-state index contributed by atoms with van der Waals surface area (Å²) < 4.78 is 11.7. The molecule has 0 aliphatic heterocycles. The van der Waals surface area contributed by atoms with Gasteiger partial charge in [-0.25, -0.2) is 4.79 Å². The molecule has 8 nitrogen and oxygen atoms in total. The zero-order chi connectivity index (χ0) is 27.9. The molecule has 1 saturated carbocycles. The number of hydrogen-bond donors (Lipinski definition) is 1.